The Morgan fingerprint density at radius 3 is 2.42 bits per heavy atom. The molecule has 3 rings (SSSR count). The first-order valence-electron chi connectivity index (χ1n) is 9.81. The number of benzene rings is 1. The Morgan fingerprint density at radius 2 is 1.81 bits per heavy atom. The summed E-state index contributed by atoms with van der Waals surface area (Å²) < 4.78 is 36.2. The van der Waals surface area contributed by atoms with E-state index in [0.29, 0.717) is 22.3 Å². The molecular weight excluding hydrogens is 418 g/mol. The second-order valence-corrected chi connectivity index (χ2v) is 10.2. The highest BCUT2D eigenvalue weighted by atomic mass is 32.2. The largest absolute Gasteiger partial charge is 0.459 e. The topological polar surface area (TPSA) is 116 Å². The maximum absolute atomic E-state index is 13.3. The Hall–Kier alpha value is -2.85. The fraction of sp³-hybridized carbons (Fsp3) is 0.429. The van der Waals surface area contributed by atoms with Gasteiger partial charge in [-0.3, -0.25) is 4.79 Å². The zero-order valence-corrected chi connectivity index (χ0v) is 19.3. The first-order chi connectivity index (χ1) is 14.4. The highest BCUT2D eigenvalue weighted by Crippen LogP contribution is 2.23. The van der Waals surface area contributed by atoms with E-state index in [4.69, 9.17) is 4.74 Å². The normalized spacial score (nSPS) is 13.4. The van der Waals surface area contributed by atoms with Gasteiger partial charge in [-0.1, -0.05) is 17.7 Å². The summed E-state index contributed by atoms with van der Waals surface area (Å²) in [7, 11) is -4.01. The molecular formula is C21H27N5O4S. The number of carbonyl (C=O) groups is 1. The van der Waals surface area contributed by atoms with Crippen LogP contribution in [0.3, 0.4) is 0 Å². The van der Waals surface area contributed by atoms with Crippen LogP contribution >= 0.6 is 0 Å². The van der Waals surface area contributed by atoms with Crippen molar-refractivity contribution >= 4 is 27.2 Å². The standard InChI is InChI=1S/C21H27N5O4S/c1-13-7-14(2)18(15(3)8-13)31(28,29)25-17(20(27)30-21(4,5)6)10-26-12-24-16-9-22-11-23-19(16)26/h7-9,11-12,17,25H,10H2,1-6H3/t17-/m0/s1. The number of carbonyl (C=O) groups excluding carboxylic acids is 1. The molecule has 0 radical (unpaired) electrons. The highest BCUT2D eigenvalue weighted by molar-refractivity contribution is 7.89. The van der Waals surface area contributed by atoms with Crippen LogP contribution < -0.4 is 4.72 Å². The summed E-state index contributed by atoms with van der Waals surface area (Å²) in [6, 6.07) is 2.41. The van der Waals surface area contributed by atoms with E-state index in [2.05, 4.69) is 19.7 Å². The third-order valence-electron chi connectivity index (χ3n) is 4.52. The molecule has 2 aromatic heterocycles. The van der Waals surface area contributed by atoms with Crippen LogP contribution in [0.2, 0.25) is 0 Å². The molecule has 0 amide bonds. The summed E-state index contributed by atoms with van der Waals surface area (Å²) in [6.07, 6.45) is 4.41. The van der Waals surface area contributed by atoms with E-state index in [0.717, 1.165) is 5.56 Å². The number of aromatic nitrogens is 4. The number of fused-ring (bicyclic) bond motifs is 1. The van der Waals surface area contributed by atoms with Crippen LogP contribution in [-0.4, -0.2) is 45.5 Å². The third kappa shape index (κ3) is 5.26. The molecule has 0 unspecified atom stereocenters. The van der Waals surface area contributed by atoms with E-state index in [9.17, 15) is 13.2 Å². The van der Waals surface area contributed by atoms with Gasteiger partial charge in [0.1, 0.15) is 23.5 Å². The van der Waals surface area contributed by atoms with Crippen LogP contribution in [0.1, 0.15) is 37.5 Å². The van der Waals surface area contributed by atoms with Crippen LogP contribution in [0.25, 0.3) is 11.2 Å². The van der Waals surface area contributed by atoms with Gasteiger partial charge in [-0.25, -0.2) is 23.4 Å². The molecule has 0 aliphatic rings. The maximum atomic E-state index is 13.3. The molecule has 1 atom stereocenters. The van der Waals surface area contributed by atoms with E-state index < -0.39 is 27.6 Å². The second-order valence-electron chi connectivity index (χ2n) is 8.56. The monoisotopic (exact) mass is 445 g/mol. The minimum absolute atomic E-state index is 0.0361. The van der Waals surface area contributed by atoms with Gasteiger partial charge in [-0.2, -0.15) is 4.72 Å². The Kier molecular flexibility index (Phi) is 6.15. The van der Waals surface area contributed by atoms with Crippen molar-refractivity contribution in [3.63, 3.8) is 0 Å². The average molecular weight is 446 g/mol. The van der Waals surface area contributed by atoms with Crippen molar-refractivity contribution in [2.45, 2.75) is 64.6 Å². The van der Waals surface area contributed by atoms with Crippen molar-refractivity contribution < 1.29 is 17.9 Å². The maximum Gasteiger partial charge on any atom is 0.326 e. The zero-order valence-electron chi connectivity index (χ0n) is 18.5. The number of imidazole rings is 1. The van der Waals surface area contributed by atoms with Gasteiger partial charge >= 0.3 is 5.97 Å². The van der Waals surface area contributed by atoms with Crippen molar-refractivity contribution in [1.29, 1.82) is 0 Å². The van der Waals surface area contributed by atoms with Crippen molar-refractivity contribution in [1.82, 2.24) is 24.2 Å². The minimum atomic E-state index is -4.01. The number of aryl methyl sites for hydroxylation is 3. The van der Waals surface area contributed by atoms with E-state index in [1.165, 1.54) is 12.7 Å². The molecule has 3 aromatic rings. The van der Waals surface area contributed by atoms with Crippen LogP contribution in [-0.2, 0) is 26.1 Å². The van der Waals surface area contributed by atoms with E-state index >= 15 is 0 Å². The second kappa shape index (κ2) is 8.35. The highest BCUT2D eigenvalue weighted by Gasteiger charge is 2.32. The lowest BCUT2D eigenvalue weighted by molar-refractivity contribution is -0.157. The number of sulfonamides is 1. The average Bonchev–Trinajstić information content (AvgIpc) is 3.01. The number of rotatable bonds is 6. The number of ether oxygens (including phenoxy) is 1. The molecule has 10 heteroatoms. The van der Waals surface area contributed by atoms with Gasteiger partial charge < -0.3 is 9.30 Å². The summed E-state index contributed by atoms with van der Waals surface area (Å²) in [5.74, 6) is -0.686. The van der Waals surface area contributed by atoms with E-state index in [1.54, 1.807) is 57.5 Å². The molecule has 0 spiro atoms. The van der Waals surface area contributed by atoms with Crippen LogP contribution in [0.5, 0.6) is 0 Å². The lowest BCUT2D eigenvalue weighted by Crippen LogP contribution is -2.46. The molecule has 9 nitrogen and oxygen atoms in total. The molecule has 166 valence electrons. The minimum Gasteiger partial charge on any atom is -0.459 e. The smallest absolute Gasteiger partial charge is 0.326 e. The van der Waals surface area contributed by atoms with Crippen LogP contribution in [0.4, 0.5) is 0 Å². The van der Waals surface area contributed by atoms with Crippen molar-refractivity contribution in [2.24, 2.45) is 0 Å². The number of hydrogen-bond acceptors (Lipinski definition) is 7. The Morgan fingerprint density at radius 1 is 1.16 bits per heavy atom. The summed E-state index contributed by atoms with van der Waals surface area (Å²) in [5.41, 5.74) is 2.42. The lowest BCUT2D eigenvalue weighted by atomic mass is 10.1. The van der Waals surface area contributed by atoms with Gasteiger partial charge in [0.25, 0.3) is 0 Å². The SMILES string of the molecule is Cc1cc(C)c(S(=O)(=O)N[C@@H](Cn2cnc3cncnc32)C(=O)OC(C)(C)C)c(C)c1. The van der Waals surface area contributed by atoms with Crippen LogP contribution in [0, 0.1) is 20.8 Å². The Balaban J connectivity index is 1.99. The van der Waals surface area contributed by atoms with Gasteiger partial charge in [-0.05, 0) is 52.7 Å². The predicted molar refractivity (Wildman–Crippen MR) is 116 cm³/mol. The van der Waals surface area contributed by atoms with Crippen LogP contribution in [0.15, 0.2) is 35.9 Å². The molecule has 31 heavy (non-hydrogen) atoms. The van der Waals surface area contributed by atoms with E-state index in [-0.39, 0.29) is 11.4 Å². The fourth-order valence-corrected chi connectivity index (χ4v) is 5.14. The van der Waals surface area contributed by atoms with Gasteiger partial charge in [0.2, 0.25) is 10.0 Å². The number of nitrogens with zero attached hydrogens (tertiary/aromatic N) is 4. The van der Waals surface area contributed by atoms with Crippen molar-refractivity contribution in [3.05, 3.63) is 47.7 Å². The number of esters is 1. The first kappa shape index (κ1) is 22.8. The molecule has 0 fully saturated rings. The lowest BCUT2D eigenvalue weighted by Gasteiger charge is -2.25. The quantitative estimate of drug-likeness (QED) is 0.579. The molecule has 0 aliphatic carbocycles. The van der Waals surface area contributed by atoms with Crippen molar-refractivity contribution in [3.8, 4) is 0 Å². The Labute approximate surface area is 181 Å². The van der Waals surface area contributed by atoms with Gasteiger partial charge in [0.15, 0.2) is 5.65 Å². The van der Waals surface area contributed by atoms with Gasteiger partial charge in [-0.15, -0.1) is 0 Å². The molecule has 1 N–H and O–H groups in total. The Bertz CT molecular complexity index is 1210. The summed E-state index contributed by atoms with van der Waals surface area (Å²) in [6.45, 7) is 10.5. The third-order valence-corrected chi connectivity index (χ3v) is 6.30. The molecule has 1 aromatic carbocycles. The number of hydrogen-bond donors (Lipinski definition) is 1. The fourth-order valence-electron chi connectivity index (χ4n) is 3.51. The summed E-state index contributed by atoms with van der Waals surface area (Å²) in [5, 5.41) is 0. The molecule has 0 aliphatic heterocycles. The summed E-state index contributed by atoms with van der Waals surface area (Å²) >= 11 is 0. The zero-order chi connectivity index (χ0) is 23.0. The molecule has 0 saturated carbocycles. The molecule has 0 saturated heterocycles. The van der Waals surface area contributed by atoms with Gasteiger partial charge in [0.05, 0.1) is 24.0 Å². The number of nitrogens with one attached hydrogen (secondary N) is 1. The van der Waals surface area contributed by atoms with Gasteiger partial charge in [0, 0.05) is 0 Å². The first-order valence-corrected chi connectivity index (χ1v) is 11.3. The predicted octanol–water partition coefficient (Wildman–Crippen LogP) is 2.44. The molecule has 0 bridgehead atoms. The van der Waals surface area contributed by atoms with Crippen molar-refractivity contribution in [2.75, 3.05) is 0 Å². The molecule has 2 heterocycles. The summed E-state index contributed by atoms with van der Waals surface area (Å²) in [4.78, 5) is 25.4. The van der Waals surface area contributed by atoms with E-state index in [1.807, 2.05) is 6.92 Å².